The minimum absolute atomic E-state index is 0.0275. The van der Waals surface area contributed by atoms with Crippen LogP contribution < -0.4 is 16.2 Å². The Labute approximate surface area is 169 Å². The average Bonchev–Trinajstić information content (AvgIpc) is 3.18. The maximum Gasteiger partial charge on any atom is 0.269 e. The van der Waals surface area contributed by atoms with E-state index < -0.39 is 11.5 Å². The minimum atomic E-state index is -0.493. The highest BCUT2D eigenvalue weighted by molar-refractivity contribution is 6.03. The predicted octanol–water partition coefficient (Wildman–Crippen LogP) is 2.65. The normalized spacial score (nSPS) is 13.7. The number of nitrogens with zero attached hydrogens (tertiary/aromatic N) is 2. The molecule has 2 N–H and O–H groups in total. The van der Waals surface area contributed by atoms with Gasteiger partial charge in [-0.1, -0.05) is 25.0 Å². The van der Waals surface area contributed by atoms with E-state index in [1.807, 2.05) is 6.07 Å². The second-order valence-corrected chi connectivity index (χ2v) is 7.40. The van der Waals surface area contributed by atoms with Gasteiger partial charge in [0.25, 0.3) is 11.5 Å². The molecule has 29 heavy (non-hydrogen) atoms. The third-order valence-corrected chi connectivity index (χ3v) is 5.25. The van der Waals surface area contributed by atoms with Crippen molar-refractivity contribution < 1.29 is 9.59 Å². The number of hydrogen-bond acceptors (Lipinski definition) is 4. The number of aryl methyl sites for hydroxylation is 2. The fraction of sp³-hybridized carbons (Fsp3) is 0.364. The maximum atomic E-state index is 12.6. The summed E-state index contributed by atoms with van der Waals surface area (Å²) in [6, 6.07) is 10.6. The second kappa shape index (κ2) is 8.74. The lowest BCUT2D eigenvalue weighted by atomic mass is 10.1. The number of benzene rings is 1. The summed E-state index contributed by atoms with van der Waals surface area (Å²) in [5.41, 5.74) is 1.49. The Balaban J connectivity index is 1.78. The lowest BCUT2D eigenvalue weighted by Crippen LogP contribution is -2.34. The Morgan fingerprint density at radius 1 is 1.21 bits per heavy atom. The number of nitriles is 1. The van der Waals surface area contributed by atoms with Gasteiger partial charge >= 0.3 is 0 Å². The van der Waals surface area contributed by atoms with Crippen molar-refractivity contribution in [2.75, 3.05) is 5.32 Å². The Kier molecular flexibility index (Phi) is 6.13. The van der Waals surface area contributed by atoms with Gasteiger partial charge in [-0.25, -0.2) is 0 Å². The number of nitrogens with one attached hydrogen (secondary N) is 2. The van der Waals surface area contributed by atoms with Crippen LogP contribution in [0.1, 0.15) is 52.9 Å². The average molecular weight is 392 g/mol. The lowest BCUT2D eigenvalue weighted by molar-refractivity contribution is -0.116. The van der Waals surface area contributed by atoms with Crippen LogP contribution in [-0.4, -0.2) is 22.4 Å². The van der Waals surface area contributed by atoms with Crippen molar-refractivity contribution in [3.63, 3.8) is 0 Å². The van der Waals surface area contributed by atoms with E-state index in [9.17, 15) is 19.6 Å². The molecule has 1 aromatic heterocycles. The summed E-state index contributed by atoms with van der Waals surface area (Å²) < 4.78 is 1.27. The molecule has 150 valence electrons. The Bertz CT molecular complexity index is 1040. The summed E-state index contributed by atoms with van der Waals surface area (Å²) in [4.78, 5) is 37.7. The molecule has 0 atom stereocenters. The molecule has 0 bridgehead atoms. The van der Waals surface area contributed by atoms with Gasteiger partial charge in [-0.15, -0.1) is 0 Å². The van der Waals surface area contributed by atoms with Crippen LogP contribution >= 0.6 is 0 Å². The molecular formula is C22H24N4O3. The third-order valence-electron chi connectivity index (χ3n) is 5.25. The number of hydrogen-bond donors (Lipinski definition) is 2. The van der Waals surface area contributed by atoms with E-state index >= 15 is 0 Å². The fourth-order valence-corrected chi connectivity index (χ4v) is 3.72. The van der Waals surface area contributed by atoms with Crippen LogP contribution in [0, 0.1) is 25.2 Å². The number of pyridine rings is 1. The zero-order valence-electron chi connectivity index (χ0n) is 16.6. The van der Waals surface area contributed by atoms with E-state index in [-0.39, 0.29) is 24.1 Å². The SMILES string of the molecule is Cc1cc(C)n(CC(=O)Nc2ccccc2C(=O)NC2CCCC2)c(=O)c1C#N. The van der Waals surface area contributed by atoms with Gasteiger partial charge in [0, 0.05) is 11.7 Å². The first-order chi connectivity index (χ1) is 13.9. The molecule has 1 aliphatic carbocycles. The first-order valence-electron chi connectivity index (χ1n) is 9.71. The number of anilines is 1. The van der Waals surface area contributed by atoms with Crippen molar-refractivity contribution in [1.82, 2.24) is 9.88 Å². The molecule has 7 nitrogen and oxygen atoms in total. The number of carbonyl (C=O) groups is 2. The summed E-state index contributed by atoms with van der Waals surface area (Å²) >= 11 is 0. The first kappa shape index (κ1) is 20.3. The molecule has 1 aromatic carbocycles. The van der Waals surface area contributed by atoms with Crippen LogP contribution in [-0.2, 0) is 11.3 Å². The van der Waals surface area contributed by atoms with Gasteiger partial charge in [-0.2, -0.15) is 5.26 Å². The van der Waals surface area contributed by atoms with E-state index in [1.54, 1.807) is 44.2 Å². The zero-order chi connectivity index (χ0) is 21.0. The van der Waals surface area contributed by atoms with E-state index in [2.05, 4.69) is 10.6 Å². The first-order valence-corrected chi connectivity index (χ1v) is 9.71. The molecule has 0 saturated heterocycles. The van der Waals surface area contributed by atoms with Gasteiger partial charge in [0.15, 0.2) is 0 Å². The summed E-state index contributed by atoms with van der Waals surface area (Å²) in [7, 11) is 0. The number of amides is 2. The van der Waals surface area contributed by atoms with Crippen LogP contribution in [0.5, 0.6) is 0 Å². The van der Waals surface area contributed by atoms with Crippen LogP contribution in [0.15, 0.2) is 35.1 Å². The highest BCUT2D eigenvalue weighted by Crippen LogP contribution is 2.20. The van der Waals surface area contributed by atoms with Gasteiger partial charge in [-0.05, 0) is 50.5 Å². The highest BCUT2D eigenvalue weighted by Gasteiger charge is 2.20. The second-order valence-electron chi connectivity index (χ2n) is 7.40. The molecular weight excluding hydrogens is 368 g/mol. The summed E-state index contributed by atoms with van der Waals surface area (Å²) in [6.45, 7) is 3.17. The number of para-hydroxylation sites is 1. The summed E-state index contributed by atoms with van der Waals surface area (Å²) in [5, 5.41) is 14.9. The molecule has 0 aliphatic heterocycles. The van der Waals surface area contributed by atoms with E-state index in [1.165, 1.54) is 4.57 Å². The van der Waals surface area contributed by atoms with Crippen molar-refractivity contribution in [3.8, 4) is 6.07 Å². The van der Waals surface area contributed by atoms with Crippen molar-refractivity contribution in [2.24, 2.45) is 0 Å². The van der Waals surface area contributed by atoms with Gasteiger partial charge in [0.1, 0.15) is 18.2 Å². The molecule has 1 aliphatic rings. The number of carbonyl (C=O) groups excluding carboxylic acids is 2. The predicted molar refractivity (Wildman–Crippen MR) is 110 cm³/mol. The Hall–Kier alpha value is -3.40. The zero-order valence-corrected chi connectivity index (χ0v) is 16.6. The van der Waals surface area contributed by atoms with Gasteiger partial charge in [-0.3, -0.25) is 14.4 Å². The molecule has 0 unspecified atom stereocenters. The molecule has 1 fully saturated rings. The molecule has 3 rings (SSSR count). The fourth-order valence-electron chi connectivity index (χ4n) is 3.72. The van der Waals surface area contributed by atoms with E-state index in [0.717, 1.165) is 25.7 Å². The molecule has 2 amide bonds. The standard InChI is InChI=1S/C22H24N4O3/c1-14-11-15(2)26(22(29)18(14)12-23)13-20(27)25-19-10-6-5-9-17(19)21(28)24-16-7-3-4-8-16/h5-6,9-11,16H,3-4,7-8,13H2,1-2H3,(H,24,28)(H,25,27). The van der Waals surface area contributed by atoms with Crippen LogP contribution in [0.25, 0.3) is 0 Å². The van der Waals surface area contributed by atoms with E-state index in [0.29, 0.717) is 22.5 Å². The Morgan fingerprint density at radius 3 is 2.59 bits per heavy atom. The van der Waals surface area contributed by atoms with Crippen molar-refractivity contribution >= 4 is 17.5 Å². The van der Waals surface area contributed by atoms with Crippen LogP contribution in [0.2, 0.25) is 0 Å². The number of rotatable bonds is 5. The maximum absolute atomic E-state index is 12.6. The third kappa shape index (κ3) is 4.54. The molecule has 7 heteroatoms. The van der Waals surface area contributed by atoms with Gasteiger partial charge < -0.3 is 15.2 Å². The highest BCUT2D eigenvalue weighted by atomic mass is 16.2. The minimum Gasteiger partial charge on any atom is -0.349 e. The van der Waals surface area contributed by atoms with Crippen molar-refractivity contribution in [3.05, 3.63) is 63.1 Å². The molecule has 1 heterocycles. The molecule has 1 saturated carbocycles. The monoisotopic (exact) mass is 392 g/mol. The summed E-state index contributed by atoms with van der Waals surface area (Å²) in [5.74, 6) is -0.660. The van der Waals surface area contributed by atoms with Crippen LogP contribution in [0.3, 0.4) is 0 Å². The Morgan fingerprint density at radius 2 is 1.90 bits per heavy atom. The van der Waals surface area contributed by atoms with Gasteiger partial charge in [0.2, 0.25) is 5.91 Å². The van der Waals surface area contributed by atoms with Crippen LogP contribution in [0.4, 0.5) is 5.69 Å². The number of aromatic nitrogens is 1. The van der Waals surface area contributed by atoms with Gasteiger partial charge in [0.05, 0.1) is 11.3 Å². The topological polar surface area (TPSA) is 104 Å². The van der Waals surface area contributed by atoms with E-state index in [4.69, 9.17) is 0 Å². The summed E-state index contributed by atoms with van der Waals surface area (Å²) in [6.07, 6.45) is 4.16. The lowest BCUT2D eigenvalue weighted by Gasteiger charge is -2.16. The quantitative estimate of drug-likeness (QED) is 0.816. The molecule has 0 radical (unpaired) electrons. The molecule has 2 aromatic rings. The molecule has 0 spiro atoms. The van der Waals surface area contributed by atoms with Crippen molar-refractivity contribution in [1.29, 1.82) is 5.26 Å². The van der Waals surface area contributed by atoms with Crippen molar-refractivity contribution in [2.45, 2.75) is 52.1 Å². The smallest absolute Gasteiger partial charge is 0.269 e. The largest absolute Gasteiger partial charge is 0.349 e.